The van der Waals surface area contributed by atoms with Crippen LogP contribution in [-0.4, -0.2) is 30.3 Å². The molecule has 29 heavy (non-hydrogen) atoms. The Bertz CT molecular complexity index is 1270. The average molecular weight is 385 g/mol. The molecule has 1 aliphatic heterocycles. The number of allylic oxidation sites excluding steroid dienone is 2. The summed E-state index contributed by atoms with van der Waals surface area (Å²) in [6.45, 7) is 0. The summed E-state index contributed by atoms with van der Waals surface area (Å²) in [5.74, 6) is 1.97. The third-order valence-electron chi connectivity index (χ3n) is 5.34. The van der Waals surface area contributed by atoms with Gasteiger partial charge in [0.05, 0.1) is 17.7 Å². The Hall–Kier alpha value is -3.81. The van der Waals surface area contributed by atoms with E-state index in [1.165, 1.54) is 0 Å². The lowest BCUT2D eigenvalue weighted by molar-refractivity contribution is -0.116. The van der Waals surface area contributed by atoms with Crippen LogP contribution in [0.4, 0.5) is 0 Å². The molecule has 8 heteroatoms. The number of carbonyl (C=O) groups is 1. The SMILES string of the molecule is O=C1CCCC2=C1[C@@H](c1ccco1)c1c(ncn3nc(-c4cccnc4)nc13)O2. The highest BCUT2D eigenvalue weighted by Crippen LogP contribution is 2.47. The lowest BCUT2D eigenvalue weighted by atomic mass is 9.80. The van der Waals surface area contributed by atoms with E-state index in [2.05, 4.69) is 15.1 Å². The van der Waals surface area contributed by atoms with Gasteiger partial charge in [-0.2, -0.15) is 0 Å². The van der Waals surface area contributed by atoms with Crippen molar-refractivity contribution in [3.05, 3.63) is 71.9 Å². The number of Topliss-reactive ketones (excluding diaryl/α,β-unsaturated/α-hetero) is 1. The predicted molar refractivity (Wildman–Crippen MR) is 101 cm³/mol. The number of hydrogen-bond donors (Lipinski definition) is 0. The highest BCUT2D eigenvalue weighted by atomic mass is 16.5. The highest BCUT2D eigenvalue weighted by molar-refractivity contribution is 5.99. The third kappa shape index (κ3) is 2.42. The van der Waals surface area contributed by atoms with Gasteiger partial charge in [0, 0.05) is 36.4 Å². The molecule has 5 heterocycles. The first-order valence-corrected chi connectivity index (χ1v) is 9.43. The smallest absolute Gasteiger partial charge is 0.228 e. The van der Waals surface area contributed by atoms with Crippen molar-refractivity contribution in [2.24, 2.45) is 0 Å². The summed E-state index contributed by atoms with van der Waals surface area (Å²) in [7, 11) is 0. The quantitative estimate of drug-likeness (QED) is 0.522. The van der Waals surface area contributed by atoms with Gasteiger partial charge in [0.15, 0.2) is 17.3 Å². The first kappa shape index (κ1) is 16.2. The van der Waals surface area contributed by atoms with Gasteiger partial charge in [-0.3, -0.25) is 9.78 Å². The number of fused-ring (bicyclic) bond motifs is 3. The summed E-state index contributed by atoms with van der Waals surface area (Å²) in [6.07, 6.45) is 8.58. The van der Waals surface area contributed by atoms with E-state index in [0.29, 0.717) is 52.8 Å². The molecule has 1 aliphatic carbocycles. The van der Waals surface area contributed by atoms with Gasteiger partial charge in [-0.15, -0.1) is 5.10 Å². The second-order valence-electron chi connectivity index (χ2n) is 7.07. The molecule has 0 fully saturated rings. The van der Waals surface area contributed by atoms with Gasteiger partial charge >= 0.3 is 0 Å². The lowest BCUT2D eigenvalue weighted by Crippen LogP contribution is -2.26. The molecule has 0 amide bonds. The Kier molecular flexibility index (Phi) is 3.40. The molecule has 1 atom stereocenters. The maximum atomic E-state index is 12.9. The second-order valence-corrected chi connectivity index (χ2v) is 7.07. The molecule has 6 rings (SSSR count). The van der Waals surface area contributed by atoms with Gasteiger partial charge in [-0.05, 0) is 30.7 Å². The van der Waals surface area contributed by atoms with E-state index in [1.54, 1.807) is 29.5 Å². The standard InChI is InChI=1S/C21H15N5O3/c27-13-5-1-6-15-16(13)17(14-7-3-9-28-14)18-20-24-19(12-4-2-8-22-10-12)25-26(20)11-23-21(18)29-15/h2-4,7-11,17H,1,5-6H2/t17-/m1/s1. The van der Waals surface area contributed by atoms with Crippen LogP contribution >= 0.6 is 0 Å². The number of aromatic nitrogens is 5. The number of hydrogen-bond acceptors (Lipinski definition) is 7. The number of nitrogens with zero attached hydrogens (tertiary/aromatic N) is 5. The molecule has 0 N–H and O–H groups in total. The Morgan fingerprint density at radius 1 is 1.17 bits per heavy atom. The van der Waals surface area contributed by atoms with E-state index in [1.807, 2.05) is 24.3 Å². The molecule has 8 nitrogen and oxygen atoms in total. The predicted octanol–water partition coefficient (Wildman–Crippen LogP) is 3.31. The van der Waals surface area contributed by atoms with Crippen LogP contribution in [0.2, 0.25) is 0 Å². The number of furan rings is 1. The zero-order chi connectivity index (χ0) is 19.4. The van der Waals surface area contributed by atoms with Crippen LogP contribution in [0.3, 0.4) is 0 Å². The van der Waals surface area contributed by atoms with Gasteiger partial charge in [-0.1, -0.05) is 0 Å². The van der Waals surface area contributed by atoms with Gasteiger partial charge in [0.25, 0.3) is 0 Å². The van der Waals surface area contributed by atoms with Gasteiger partial charge in [0.1, 0.15) is 17.8 Å². The van der Waals surface area contributed by atoms with Crippen LogP contribution in [0.1, 0.15) is 36.5 Å². The molecule has 4 aromatic rings. The lowest BCUT2D eigenvalue weighted by Gasteiger charge is -2.30. The summed E-state index contributed by atoms with van der Waals surface area (Å²) in [5, 5.41) is 4.55. The summed E-state index contributed by atoms with van der Waals surface area (Å²) in [6, 6.07) is 7.42. The Morgan fingerprint density at radius 3 is 2.97 bits per heavy atom. The molecule has 0 saturated heterocycles. The van der Waals surface area contributed by atoms with Crippen molar-refractivity contribution in [1.82, 2.24) is 24.6 Å². The normalized spacial score (nSPS) is 18.5. The molecule has 0 aromatic carbocycles. The largest absolute Gasteiger partial charge is 0.468 e. The number of pyridine rings is 1. The summed E-state index contributed by atoms with van der Waals surface area (Å²) in [5.41, 5.74) is 2.71. The van der Waals surface area contributed by atoms with Crippen molar-refractivity contribution in [3.8, 4) is 17.3 Å². The van der Waals surface area contributed by atoms with Crippen molar-refractivity contribution >= 4 is 11.4 Å². The first-order valence-electron chi connectivity index (χ1n) is 9.43. The average Bonchev–Trinajstić information content (AvgIpc) is 3.43. The van der Waals surface area contributed by atoms with Crippen molar-refractivity contribution in [3.63, 3.8) is 0 Å². The van der Waals surface area contributed by atoms with Crippen molar-refractivity contribution in [2.75, 3.05) is 0 Å². The highest BCUT2D eigenvalue weighted by Gasteiger charge is 2.40. The monoisotopic (exact) mass is 385 g/mol. The second kappa shape index (κ2) is 6.10. The van der Waals surface area contributed by atoms with Crippen LogP contribution in [-0.2, 0) is 4.79 Å². The molecule has 142 valence electrons. The fourth-order valence-corrected chi connectivity index (χ4v) is 4.07. The van der Waals surface area contributed by atoms with Crippen LogP contribution in [0.15, 0.2) is 65.0 Å². The van der Waals surface area contributed by atoms with E-state index in [4.69, 9.17) is 14.1 Å². The summed E-state index contributed by atoms with van der Waals surface area (Å²) in [4.78, 5) is 26.2. The molecule has 4 aromatic heterocycles. The van der Waals surface area contributed by atoms with Crippen LogP contribution in [0, 0.1) is 0 Å². The number of ketones is 1. The molecule has 0 radical (unpaired) electrons. The minimum Gasteiger partial charge on any atom is -0.468 e. The van der Waals surface area contributed by atoms with E-state index in [0.717, 1.165) is 12.0 Å². The van der Waals surface area contributed by atoms with Gasteiger partial charge in [0.2, 0.25) is 5.88 Å². The minimum absolute atomic E-state index is 0.0762. The van der Waals surface area contributed by atoms with E-state index < -0.39 is 5.92 Å². The maximum absolute atomic E-state index is 12.9. The Balaban J connectivity index is 1.62. The minimum atomic E-state index is -0.418. The van der Waals surface area contributed by atoms with E-state index in [-0.39, 0.29) is 5.78 Å². The number of rotatable bonds is 2. The Morgan fingerprint density at radius 2 is 2.14 bits per heavy atom. The van der Waals surface area contributed by atoms with Crippen molar-refractivity contribution < 1.29 is 13.9 Å². The molecule has 0 unspecified atom stereocenters. The van der Waals surface area contributed by atoms with Gasteiger partial charge < -0.3 is 9.15 Å². The van der Waals surface area contributed by atoms with Crippen LogP contribution < -0.4 is 4.74 Å². The molecule has 0 saturated carbocycles. The van der Waals surface area contributed by atoms with Crippen molar-refractivity contribution in [1.29, 1.82) is 0 Å². The first-order chi connectivity index (χ1) is 14.3. The summed E-state index contributed by atoms with van der Waals surface area (Å²) >= 11 is 0. The molecular weight excluding hydrogens is 370 g/mol. The van der Waals surface area contributed by atoms with E-state index in [9.17, 15) is 4.79 Å². The third-order valence-corrected chi connectivity index (χ3v) is 5.34. The molecule has 0 bridgehead atoms. The van der Waals surface area contributed by atoms with Crippen LogP contribution in [0.25, 0.3) is 17.0 Å². The zero-order valence-corrected chi connectivity index (χ0v) is 15.3. The fraction of sp³-hybridized carbons (Fsp3) is 0.190. The number of ether oxygens (including phenoxy) is 1. The topological polar surface area (TPSA) is 95.4 Å². The number of carbonyl (C=O) groups excluding carboxylic acids is 1. The zero-order valence-electron chi connectivity index (χ0n) is 15.3. The Labute approximate surface area is 164 Å². The van der Waals surface area contributed by atoms with Crippen molar-refractivity contribution in [2.45, 2.75) is 25.2 Å². The van der Waals surface area contributed by atoms with Gasteiger partial charge in [-0.25, -0.2) is 14.5 Å². The molecular formula is C21H15N5O3. The molecule has 0 spiro atoms. The van der Waals surface area contributed by atoms with E-state index >= 15 is 0 Å². The summed E-state index contributed by atoms with van der Waals surface area (Å²) < 4.78 is 13.4. The van der Waals surface area contributed by atoms with Crippen LogP contribution in [0.5, 0.6) is 5.88 Å². The fourth-order valence-electron chi connectivity index (χ4n) is 4.07. The maximum Gasteiger partial charge on any atom is 0.228 e. The molecule has 2 aliphatic rings.